The lowest BCUT2D eigenvalue weighted by molar-refractivity contribution is -0.131. The molecule has 96 valence electrons. The third-order valence-electron chi connectivity index (χ3n) is 2.53. The molecule has 1 N–H and O–H groups in total. The number of aliphatic carboxylic acids is 1. The average molecular weight is 283 g/mol. The Bertz CT molecular complexity index is 475. The first-order valence-electron chi connectivity index (χ1n) is 5.54. The Morgan fingerprint density at radius 3 is 2.67 bits per heavy atom. The van der Waals surface area contributed by atoms with Crippen LogP contribution in [0.3, 0.4) is 0 Å². The van der Waals surface area contributed by atoms with E-state index in [4.69, 9.17) is 5.11 Å². The second-order valence-electron chi connectivity index (χ2n) is 3.78. The van der Waals surface area contributed by atoms with Crippen LogP contribution < -0.4 is 0 Å². The summed E-state index contributed by atoms with van der Waals surface area (Å²) in [6, 6.07) is 3.53. The van der Waals surface area contributed by atoms with E-state index in [2.05, 4.69) is 0 Å². The predicted molar refractivity (Wildman–Crippen MR) is 74.2 cm³/mol. The highest BCUT2D eigenvalue weighted by molar-refractivity contribution is 7.99. The van der Waals surface area contributed by atoms with Gasteiger partial charge in [-0.2, -0.15) is 11.8 Å². The predicted octanol–water partition coefficient (Wildman–Crippen LogP) is 2.03. The third kappa shape index (κ3) is 3.36. The normalized spacial score (nSPS) is 16.1. The van der Waals surface area contributed by atoms with Crippen LogP contribution in [-0.2, 0) is 4.79 Å². The van der Waals surface area contributed by atoms with Crippen molar-refractivity contribution >= 4 is 41.1 Å². The molecular weight excluding hydrogens is 270 g/mol. The maximum atomic E-state index is 12.1. The van der Waals surface area contributed by atoms with Crippen molar-refractivity contribution in [3.8, 4) is 0 Å². The Kier molecular flexibility index (Phi) is 4.43. The zero-order valence-corrected chi connectivity index (χ0v) is 11.3. The fraction of sp³-hybridized carbons (Fsp3) is 0.333. The van der Waals surface area contributed by atoms with Crippen LogP contribution in [0.4, 0.5) is 0 Å². The SMILES string of the molecule is O=C(O)/C=C/c1ccc(C(=O)N2CCSCC2)s1. The fourth-order valence-corrected chi connectivity index (χ4v) is 3.41. The molecule has 0 aromatic carbocycles. The fourth-order valence-electron chi connectivity index (χ4n) is 1.63. The molecule has 0 unspecified atom stereocenters. The molecule has 6 heteroatoms. The highest BCUT2D eigenvalue weighted by Gasteiger charge is 2.19. The minimum atomic E-state index is -0.982. The van der Waals surface area contributed by atoms with Crippen molar-refractivity contribution in [3.05, 3.63) is 28.0 Å². The lowest BCUT2D eigenvalue weighted by Gasteiger charge is -2.25. The van der Waals surface area contributed by atoms with Crippen LogP contribution in [0.2, 0.25) is 0 Å². The van der Waals surface area contributed by atoms with Gasteiger partial charge in [-0.1, -0.05) is 0 Å². The molecule has 0 radical (unpaired) electrons. The number of hydrogen-bond acceptors (Lipinski definition) is 4. The summed E-state index contributed by atoms with van der Waals surface area (Å²) < 4.78 is 0. The summed E-state index contributed by atoms with van der Waals surface area (Å²) in [6.07, 6.45) is 2.59. The van der Waals surface area contributed by atoms with E-state index < -0.39 is 5.97 Å². The Morgan fingerprint density at radius 1 is 1.28 bits per heavy atom. The quantitative estimate of drug-likeness (QED) is 0.862. The zero-order valence-electron chi connectivity index (χ0n) is 9.67. The van der Waals surface area contributed by atoms with Crippen molar-refractivity contribution in [3.63, 3.8) is 0 Å². The van der Waals surface area contributed by atoms with Crippen LogP contribution >= 0.6 is 23.1 Å². The number of hydrogen-bond donors (Lipinski definition) is 1. The molecule has 1 amide bonds. The molecule has 1 fully saturated rings. The van der Waals surface area contributed by atoms with E-state index in [-0.39, 0.29) is 5.91 Å². The molecule has 4 nitrogen and oxygen atoms in total. The number of thiophene rings is 1. The molecule has 1 aliphatic rings. The Hall–Kier alpha value is -1.27. The molecule has 1 aromatic heterocycles. The monoisotopic (exact) mass is 283 g/mol. The van der Waals surface area contributed by atoms with Gasteiger partial charge in [0.15, 0.2) is 0 Å². The van der Waals surface area contributed by atoms with Gasteiger partial charge in [-0.25, -0.2) is 4.79 Å². The maximum absolute atomic E-state index is 12.1. The van der Waals surface area contributed by atoms with Crippen molar-refractivity contribution < 1.29 is 14.7 Å². The first-order chi connectivity index (χ1) is 8.66. The number of thioether (sulfide) groups is 1. The summed E-state index contributed by atoms with van der Waals surface area (Å²) in [7, 11) is 0. The highest BCUT2D eigenvalue weighted by atomic mass is 32.2. The van der Waals surface area contributed by atoms with Crippen molar-refractivity contribution in [2.45, 2.75) is 0 Å². The van der Waals surface area contributed by atoms with Gasteiger partial charge in [0.1, 0.15) is 0 Å². The number of carboxylic acid groups (broad SMARTS) is 1. The molecular formula is C12H13NO3S2. The van der Waals surface area contributed by atoms with Crippen LogP contribution in [0.1, 0.15) is 14.5 Å². The van der Waals surface area contributed by atoms with E-state index in [1.807, 2.05) is 16.7 Å². The minimum Gasteiger partial charge on any atom is -0.478 e. The summed E-state index contributed by atoms with van der Waals surface area (Å²) in [5.41, 5.74) is 0. The van der Waals surface area contributed by atoms with Crippen molar-refractivity contribution in [2.24, 2.45) is 0 Å². The van der Waals surface area contributed by atoms with Gasteiger partial charge >= 0.3 is 5.97 Å². The number of nitrogens with zero attached hydrogens (tertiary/aromatic N) is 1. The van der Waals surface area contributed by atoms with Gasteiger partial charge < -0.3 is 10.0 Å². The molecule has 2 heterocycles. The molecule has 1 saturated heterocycles. The van der Waals surface area contributed by atoms with Gasteiger partial charge in [0.25, 0.3) is 5.91 Å². The van der Waals surface area contributed by atoms with Crippen molar-refractivity contribution in [1.29, 1.82) is 0 Å². The summed E-state index contributed by atoms with van der Waals surface area (Å²) in [5, 5.41) is 8.53. The van der Waals surface area contributed by atoms with Crippen LogP contribution in [0, 0.1) is 0 Å². The van der Waals surface area contributed by atoms with E-state index in [1.54, 1.807) is 12.1 Å². The Labute approximate surface area is 113 Å². The topological polar surface area (TPSA) is 57.6 Å². The smallest absolute Gasteiger partial charge is 0.328 e. The molecule has 0 atom stereocenters. The lowest BCUT2D eigenvalue weighted by atomic mass is 10.3. The van der Waals surface area contributed by atoms with E-state index >= 15 is 0 Å². The van der Waals surface area contributed by atoms with Gasteiger partial charge in [-0.3, -0.25) is 4.79 Å². The van der Waals surface area contributed by atoms with Gasteiger partial charge in [-0.05, 0) is 18.2 Å². The first-order valence-corrected chi connectivity index (χ1v) is 7.52. The van der Waals surface area contributed by atoms with Gasteiger partial charge in [-0.15, -0.1) is 11.3 Å². The number of amides is 1. The Balaban J connectivity index is 2.04. The second kappa shape index (κ2) is 6.06. The van der Waals surface area contributed by atoms with Crippen molar-refractivity contribution in [1.82, 2.24) is 4.90 Å². The number of carbonyl (C=O) groups excluding carboxylic acids is 1. The molecule has 0 saturated carbocycles. The molecule has 0 bridgehead atoms. The second-order valence-corrected chi connectivity index (χ2v) is 6.12. The summed E-state index contributed by atoms with van der Waals surface area (Å²) in [5.74, 6) is 1.05. The molecule has 0 aliphatic carbocycles. The van der Waals surface area contributed by atoms with Crippen LogP contribution in [0.5, 0.6) is 0 Å². The minimum absolute atomic E-state index is 0.0512. The van der Waals surface area contributed by atoms with Gasteiger partial charge in [0.05, 0.1) is 4.88 Å². The van der Waals surface area contributed by atoms with Gasteiger partial charge in [0, 0.05) is 35.5 Å². The maximum Gasteiger partial charge on any atom is 0.328 e. The molecule has 18 heavy (non-hydrogen) atoms. The van der Waals surface area contributed by atoms with Crippen LogP contribution in [0.25, 0.3) is 6.08 Å². The first kappa shape index (κ1) is 13.2. The lowest BCUT2D eigenvalue weighted by Crippen LogP contribution is -2.37. The van der Waals surface area contributed by atoms with E-state index in [0.29, 0.717) is 4.88 Å². The van der Waals surface area contributed by atoms with Crippen LogP contribution in [-0.4, -0.2) is 46.5 Å². The Morgan fingerprint density at radius 2 is 2.00 bits per heavy atom. The molecule has 0 spiro atoms. The third-order valence-corrected chi connectivity index (χ3v) is 4.51. The number of rotatable bonds is 3. The van der Waals surface area contributed by atoms with E-state index in [1.165, 1.54) is 17.4 Å². The molecule has 2 rings (SSSR count). The van der Waals surface area contributed by atoms with E-state index in [9.17, 15) is 9.59 Å². The van der Waals surface area contributed by atoms with Crippen LogP contribution in [0.15, 0.2) is 18.2 Å². The summed E-state index contributed by atoms with van der Waals surface area (Å²) in [6.45, 7) is 1.59. The highest BCUT2D eigenvalue weighted by Crippen LogP contribution is 2.21. The largest absolute Gasteiger partial charge is 0.478 e. The van der Waals surface area contributed by atoms with E-state index in [0.717, 1.165) is 35.5 Å². The number of carbonyl (C=O) groups is 2. The number of carboxylic acids is 1. The van der Waals surface area contributed by atoms with Crippen molar-refractivity contribution in [2.75, 3.05) is 24.6 Å². The molecule has 1 aromatic rings. The zero-order chi connectivity index (χ0) is 13.0. The summed E-state index contributed by atoms with van der Waals surface area (Å²) in [4.78, 5) is 25.9. The standard InChI is InChI=1S/C12H13NO3S2/c14-11(15)4-2-9-1-3-10(18-9)12(16)13-5-7-17-8-6-13/h1-4H,5-8H2,(H,14,15)/b4-2+. The average Bonchev–Trinajstić information content (AvgIpc) is 2.85. The molecule has 1 aliphatic heterocycles. The van der Waals surface area contributed by atoms with Gasteiger partial charge in [0.2, 0.25) is 0 Å². The summed E-state index contributed by atoms with van der Waals surface area (Å²) >= 11 is 3.19.